The van der Waals surface area contributed by atoms with Crippen LogP contribution in [0.2, 0.25) is 5.02 Å². The lowest BCUT2D eigenvalue weighted by Crippen LogP contribution is -2.37. The molecule has 1 aromatic carbocycles. The molecular formula is C12H13ClN2O2. The minimum Gasteiger partial charge on any atom is -0.297 e. The Kier molecular flexibility index (Phi) is 4.11. The van der Waals surface area contributed by atoms with Crippen LogP contribution in [0.25, 0.3) is 0 Å². The highest BCUT2D eigenvalue weighted by atomic mass is 35.5. The van der Waals surface area contributed by atoms with Crippen molar-refractivity contribution < 1.29 is 4.92 Å². The van der Waals surface area contributed by atoms with Gasteiger partial charge in [-0.15, -0.1) is 6.42 Å². The van der Waals surface area contributed by atoms with Crippen LogP contribution in [0, 0.1) is 22.5 Å². The summed E-state index contributed by atoms with van der Waals surface area (Å²) < 4.78 is 0. The molecule has 1 N–H and O–H groups in total. The van der Waals surface area contributed by atoms with E-state index in [-0.39, 0.29) is 5.69 Å². The van der Waals surface area contributed by atoms with E-state index in [2.05, 4.69) is 11.2 Å². The molecule has 0 unspecified atom stereocenters. The number of hydrogen-bond acceptors (Lipinski definition) is 3. The maximum absolute atomic E-state index is 10.8. The van der Waals surface area contributed by atoms with Crippen molar-refractivity contribution in [2.75, 3.05) is 0 Å². The van der Waals surface area contributed by atoms with Gasteiger partial charge in [-0.2, -0.15) is 0 Å². The number of benzene rings is 1. The molecule has 0 aliphatic heterocycles. The molecule has 0 spiro atoms. The minimum absolute atomic E-state index is 0.0368. The SMILES string of the molecule is C#CC(C)(C)NCc1cc(Cl)ccc1[N+](=O)[O-]. The number of rotatable bonds is 4. The Bertz CT molecular complexity index is 478. The molecule has 1 aromatic rings. The predicted molar refractivity (Wildman–Crippen MR) is 67.9 cm³/mol. The lowest BCUT2D eigenvalue weighted by atomic mass is 10.1. The fraction of sp³-hybridized carbons (Fsp3) is 0.333. The van der Waals surface area contributed by atoms with Gasteiger partial charge in [0, 0.05) is 23.2 Å². The van der Waals surface area contributed by atoms with Crippen LogP contribution in [0.15, 0.2) is 18.2 Å². The van der Waals surface area contributed by atoms with Gasteiger partial charge in [0.15, 0.2) is 0 Å². The number of hydrogen-bond donors (Lipinski definition) is 1. The van der Waals surface area contributed by atoms with Crippen molar-refractivity contribution in [2.45, 2.75) is 25.9 Å². The molecule has 4 nitrogen and oxygen atoms in total. The number of nitrogens with one attached hydrogen (secondary N) is 1. The van der Waals surface area contributed by atoms with Crippen LogP contribution in [0.1, 0.15) is 19.4 Å². The lowest BCUT2D eigenvalue weighted by Gasteiger charge is -2.19. The third kappa shape index (κ3) is 3.74. The van der Waals surface area contributed by atoms with Gasteiger partial charge in [0.05, 0.1) is 10.5 Å². The number of nitrogens with zero attached hydrogens (tertiary/aromatic N) is 1. The number of halogens is 1. The standard InChI is InChI=1S/C12H13ClN2O2/c1-4-12(2,3)14-8-9-7-10(13)5-6-11(9)15(16)17/h1,5-7,14H,8H2,2-3H3. The summed E-state index contributed by atoms with van der Waals surface area (Å²) >= 11 is 5.81. The topological polar surface area (TPSA) is 55.2 Å². The van der Waals surface area contributed by atoms with E-state index in [1.165, 1.54) is 12.1 Å². The minimum atomic E-state index is -0.518. The van der Waals surface area contributed by atoms with Crippen molar-refractivity contribution in [2.24, 2.45) is 0 Å². The zero-order valence-corrected chi connectivity index (χ0v) is 10.4. The first-order valence-electron chi connectivity index (χ1n) is 5.01. The maximum atomic E-state index is 10.8. The summed E-state index contributed by atoms with van der Waals surface area (Å²) in [6.45, 7) is 3.95. The van der Waals surface area contributed by atoms with Crippen molar-refractivity contribution in [1.82, 2.24) is 5.32 Å². The van der Waals surface area contributed by atoms with Crippen LogP contribution in [-0.2, 0) is 6.54 Å². The van der Waals surface area contributed by atoms with Crippen molar-refractivity contribution in [3.63, 3.8) is 0 Å². The summed E-state index contributed by atoms with van der Waals surface area (Å²) in [4.78, 5) is 10.4. The molecule has 0 aliphatic rings. The fourth-order valence-corrected chi connectivity index (χ4v) is 1.44. The van der Waals surface area contributed by atoms with Gasteiger partial charge in [0.2, 0.25) is 0 Å². The lowest BCUT2D eigenvalue weighted by molar-refractivity contribution is -0.385. The van der Waals surface area contributed by atoms with Crippen molar-refractivity contribution >= 4 is 17.3 Å². The normalized spacial score (nSPS) is 10.9. The molecule has 90 valence electrons. The molecule has 0 amide bonds. The third-order valence-electron chi connectivity index (χ3n) is 2.32. The van der Waals surface area contributed by atoms with Gasteiger partial charge in [-0.3, -0.25) is 15.4 Å². The van der Waals surface area contributed by atoms with E-state index in [9.17, 15) is 10.1 Å². The molecule has 0 saturated heterocycles. The van der Waals surface area contributed by atoms with Crippen LogP contribution in [-0.4, -0.2) is 10.5 Å². The van der Waals surface area contributed by atoms with E-state index in [0.717, 1.165) is 0 Å². The zero-order chi connectivity index (χ0) is 13.1. The zero-order valence-electron chi connectivity index (χ0n) is 9.66. The van der Waals surface area contributed by atoms with Crippen LogP contribution < -0.4 is 5.32 Å². The Morgan fingerprint density at radius 1 is 1.59 bits per heavy atom. The molecular weight excluding hydrogens is 240 g/mol. The van der Waals surface area contributed by atoms with Crippen molar-refractivity contribution in [3.8, 4) is 12.3 Å². The first kappa shape index (κ1) is 13.5. The summed E-state index contributed by atoms with van der Waals surface area (Å²) in [5.41, 5.74) is 0.0384. The highest BCUT2D eigenvalue weighted by Crippen LogP contribution is 2.23. The molecule has 0 fully saturated rings. The Morgan fingerprint density at radius 2 is 2.24 bits per heavy atom. The summed E-state index contributed by atoms with van der Waals surface area (Å²) in [5, 5.41) is 14.3. The van der Waals surface area contributed by atoms with E-state index < -0.39 is 10.5 Å². The second-order valence-corrected chi connectivity index (χ2v) is 4.59. The first-order chi connectivity index (χ1) is 7.85. The summed E-state index contributed by atoms with van der Waals surface area (Å²) in [6.07, 6.45) is 5.33. The van der Waals surface area contributed by atoms with Crippen LogP contribution >= 0.6 is 11.6 Å². The Hall–Kier alpha value is -1.57. The van der Waals surface area contributed by atoms with Crippen LogP contribution in [0.4, 0.5) is 5.69 Å². The number of nitro groups is 1. The smallest absolute Gasteiger partial charge is 0.273 e. The van der Waals surface area contributed by atoms with Gasteiger partial charge >= 0.3 is 0 Å². The van der Waals surface area contributed by atoms with E-state index in [1.807, 2.05) is 13.8 Å². The average Bonchev–Trinajstić information content (AvgIpc) is 2.26. The molecule has 0 atom stereocenters. The Morgan fingerprint density at radius 3 is 2.76 bits per heavy atom. The predicted octanol–water partition coefficient (Wildman–Crippen LogP) is 2.75. The highest BCUT2D eigenvalue weighted by Gasteiger charge is 2.17. The summed E-state index contributed by atoms with van der Waals surface area (Å²) in [7, 11) is 0. The Balaban J connectivity index is 2.94. The quantitative estimate of drug-likeness (QED) is 0.509. The molecule has 0 radical (unpaired) electrons. The molecule has 0 aliphatic carbocycles. The van der Waals surface area contributed by atoms with Crippen molar-refractivity contribution in [3.05, 3.63) is 38.9 Å². The number of nitro benzene ring substituents is 1. The molecule has 5 heteroatoms. The summed E-state index contributed by atoms with van der Waals surface area (Å²) in [6, 6.07) is 4.46. The van der Waals surface area contributed by atoms with Crippen LogP contribution in [0.5, 0.6) is 0 Å². The first-order valence-corrected chi connectivity index (χ1v) is 5.39. The number of terminal acetylenes is 1. The van der Waals surface area contributed by atoms with Gasteiger partial charge < -0.3 is 0 Å². The molecule has 0 bridgehead atoms. The Labute approximate surface area is 105 Å². The van der Waals surface area contributed by atoms with Gasteiger partial charge in [-0.1, -0.05) is 17.5 Å². The molecule has 0 aromatic heterocycles. The third-order valence-corrected chi connectivity index (χ3v) is 2.55. The van der Waals surface area contributed by atoms with E-state index >= 15 is 0 Å². The fourth-order valence-electron chi connectivity index (χ4n) is 1.24. The molecule has 0 saturated carbocycles. The molecule has 17 heavy (non-hydrogen) atoms. The van der Waals surface area contributed by atoms with Gasteiger partial charge in [0.1, 0.15) is 0 Å². The maximum Gasteiger partial charge on any atom is 0.273 e. The molecule has 0 heterocycles. The monoisotopic (exact) mass is 252 g/mol. The van der Waals surface area contributed by atoms with Crippen molar-refractivity contribution in [1.29, 1.82) is 0 Å². The van der Waals surface area contributed by atoms with Gasteiger partial charge in [-0.05, 0) is 26.0 Å². The largest absolute Gasteiger partial charge is 0.297 e. The van der Waals surface area contributed by atoms with E-state index in [0.29, 0.717) is 17.1 Å². The summed E-state index contributed by atoms with van der Waals surface area (Å²) in [5.74, 6) is 2.56. The van der Waals surface area contributed by atoms with E-state index in [1.54, 1.807) is 6.07 Å². The van der Waals surface area contributed by atoms with E-state index in [4.69, 9.17) is 18.0 Å². The molecule has 1 rings (SSSR count). The second kappa shape index (κ2) is 5.17. The van der Waals surface area contributed by atoms with Gasteiger partial charge in [0.25, 0.3) is 5.69 Å². The highest BCUT2D eigenvalue weighted by molar-refractivity contribution is 6.30. The average molecular weight is 253 g/mol. The second-order valence-electron chi connectivity index (χ2n) is 4.15. The van der Waals surface area contributed by atoms with Crippen LogP contribution in [0.3, 0.4) is 0 Å². The van der Waals surface area contributed by atoms with Gasteiger partial charge in [-0.25, -0.2) is 0 Å².